The molecule has 0 saturated heterocycles. The molecule has 0 aliphatic rings. The van der Waals surface area contributed by atoms with Crippen LogP contribution in [0.3, 0.4) is 0 Å². The average molecular weight is 236 g/mol. The number of rotatable bonds is 9. The minimum atomic E-state index is -0.862. The van der Waals surface area contributed by atoms with Crippen LogP contribution in [0, 0.1) is 20.2 Å². The topological polar surface area (TPSA) is 132 Å². The summed E-state index contributed by atoms with van der Waals surface area (Å²) in [6, 6.07) is 0. The van der Waals surface area contributed by atoms with Gasteiger partial charge < -0.3 is 10.4 Å². The van der Waals surface area contributed by atoms with Gasteiger partial charge in [-0.1, -0.05) is 6.92 Å². The van der Waals surface area contributed by atoms with Gasteiger partial charge in [0.1, 0.15) is 12.2 Å². The zero-order valence-electron chi connectivity index (χ0n) is 8.54. The summed E-state index contributed by atoms with van der Waals surface area (Å²) in [5.74, 6) is 0. The van der Waals surface area contributed by atoms with Crippen molar-refractivity contribution in [3.8, 4) is 0 Å². The van der Waals surface area contributed by atoms with Gasteiger partial charge in [-0.3, -0.25) is 0 Å². The Hall–Kier alpha value is -1.62. The average Bonchev–Trinajstić information content (AvgIpc) is 2.25. The van der Waals surface area contributed by atoms with Crippen LogP contribution in [0.1, 0.15) is 19.8 Å². The van der Waals surface area contributed by atoms with Gasteiger partial charge in [-0.25, -0.2) is 0 Å². The van der Waals surface area contributed by atoms with Crippen LogP contribution >= 0.6 is 0 Å². The Labute approximate surface area is 90.3 Å². The quantitative estimate of drug-likeness (QED) is 0.376. The van der Waals surface area contributed by atoms with Gasteiger partial charge in [0, 0.05) is 12.8 Å². The van der Waals surface area contributed by atoms with Gasteiger partial charge in [-0.05, 0) is 6.08 Å². The summed E-state index contributed by atoms with van der Waals surface area (Å²) in [5.41, 5.74) is 0.214. The van der Waals surface area contributed by atoms with Gasteiger partial charge in [-0.15, -0.1) is 20.3 Å². The van der Waals surface area contributed by atoms with Crippen molar-refractivity contribution in [3.63, 3.8) is 0 Å². The van der Waals surface area contributed by atoms with E-state index in [-0.39, 0.29) is 18.7 Å². The monoisotopic (exact) mass is 236 g/mol. The standard InChI is InChI=1S/C6H12N4O6/c1-2-6(10(14)16-8-12)4-3-5-9(13)15-7-11/h4,9-10H,2-3,5H2,1H3/b6-4+. The lowest BCUT2D eigenvalue weighted by Gasteiger charge is -2.16. The Morgan fingerprint density at radius 2 is 1.94 bits per heavy atom. The highest BCUT2D eigenvalue weighted by Gasteiger charge is 2.07. The Bertz CT molecular complexity index is 247. The summed E-state index contributed by atoms with van der Waals surface area (Å²) in [7, 11) is 0. The Morgan fingerprint density at radius 1 is 1.31 bits per heavy atom. The first-order valence-corrected chi connectivity index (χ1v) is 4.41. The van der Waals surface area contributed by atoms with Crippen molar-refractivity contribution in [2.24, 2.45) is 10.7 Å². The fraction of sp³-hybridized carbons (Fsp3) is 0.667. The molecule has 0 rings (SSSR count). The van der Waals surface area contributed by atoms with Crippen LogP contribution < -0.4 is 10.5 Å². The molecule has 92 valence electrons. The largest absolute Gasteiger partial charge is 0.589 e. The maximum Gasteiger partial charge on any atom is 0.214 e. The van der Waals surface area contributed by atoms with Crippen molar-refractivity contribution in [2.75, 3.05) is 6.54 Å². The molecule has 0 amide bonds. The lowest BCUT2D eigenvalue weighted by atomic mass is 10.3. The van der Waals surface area contributed by atoms with E-state index >= 15 is 0 Å². The highest BCUT2D eigenvalue weighted by Crippen LogP contribution is 1.92. The predicted molar refractivity (Wildman–Crippen MR) is 50.3 cm³/mol. The SMILES string of the molecule is CC/C(=C\CC[NH+]([O-])ON=O)[NH+]([O-])ON=O. The van der Waals surface area contributed by atoms with E-state index in [4.69, 9.17) is 0 Å². The van der Waals surface area contributed by atoms with Gasteiger partial charge >= 0.3 is 0 Å². The molecule has 0 spiro atoms. The van der Waals surface area contributed by atoms with Gasteiger partial charge in [0.15, 0.2) is 0 Å². The summed E-state index contributed by atoms with van der Waals surface area (Å²) in [5, 5.41) is 24.0. The number of quaternary nitrogens is 2. The highest BCUT2D eigenvalue weighted by atomic mass is 17.0. The molecule has 0 saturated carbocycles. The first-order chi connectivity index (χ1) is 7.65. The van der Waals surface area contributed by atoms with E-state index in [1.165, 1.54) is 6.08 Å². The van der Waals surface area contributed by atoms with Crippen LogP contribution in [0.15, 0.2) is 22.5 Å². The van der Waals surface area contributed by atoms with Crippen LogP contribution in [-0.4, -0.2) is 6.54 Å². The first kappa shape index (κ1) is 14.4. The third-order valence-electron chi connectivity index (χ3n) is 1.64. The summed E-state index contributed by atoms with van der Waals surface area (Å²) in [4.78, 5) is 26.9. The van der Waals surface area contributed by atoms with E-state index in [1.54, 1.807) is 6.92 Å². The molecule has 0 aliphatic heterocycles. The number of hydroxylamine groups is 4. The molecular formula is C6H12N4O6. The van der Waals surface area contributed by atoms with Crippen LogP contribution in [0.25, 0.3) is 0 Å². The normalized spacial score (nSPS) is 15.1. The summed E-state index contributed by atoms with van der Waals surface area (Å²) in [6.07, 6.45) is 1.90. The Kier molecular flexibility index (Phi) is 7.79. The van der Waals surface area contributed by atoms with E-state index in [0.29, 0.717) is 6.42 Å². The minimum absolute atomic E-state index is 0.100. The fourth-order valence-corrected chi connectivity index (χ4v) is 0.916. The molecule has 10 nitrogen and oxygen atoms in total. The van der Waals surface area contributed by atoms with E-state index in [0.717, 1.165) is 0 Å². The molecule has 0 fully saturated rings. The van der Waals surface area contributed by atoms with Crippen molar-refractivity contribution < 1.29 is 20.3 Å². The van der Waals surface area contributed by atoms with Crippen LogP contribution in [0.2, 0.25) is 0 Å². The summed E-state index contributed by atoms with van der Waals surface area (Å²) < 4.78 is 0. The van der Waals surface area contributed by atoms with Crippen molar-refractivity contribution in [3.05, 3.63) is 32.0 Å². The van der Waals surface area contributed by atoms with E-state index in [2.05, 4.69) is 9.88 Å². The zero-order valence-corrected chi connectivity index (χ0v) is 8.54. The van der Waals surface area contributed by atoms with Crippen molar-refractivity contribution in [1.29, 1.82) is 0 Å². The predicted octanol–water partition coefficient (Wildman–Crippen LogP) is -1.34. The number of allylic oxidation sites excluding steroid dienone is 1. The third-order valence-corrected chi connectivity index (χ3v) is 1.64. The molecule has 0 bridgehead atoms. The number of hydrogen-bond donors (Lipinski definition) is 2. The second kappa shape index (κ2) is 8.67. The number of hydrogen-bond acceptors (Lipinski definition) is 8. The van der Waals surface area contributed by atoms with Crippen molar-refractivity contribution in [2.45, 2.75) is 19.8 Å². The molecule has 0 aromatic carbocycles. The van der Waals surface area contributed by atoms with Gasteiger partial charge in [0.05, 0.1) is 0 Å². The van der Waals surface area contributed by atoms with Gasteiger partial charge in [0.2, 0.25) is 10.7 Å². The lowest BCUT2D eigenvalue weighted by molar-refractivity contribution is -1.05. The third kappa shape index (κ3) is 5.98. The van der Waals surface area contributed by atoms with E-state index in [1.807, 2.05) is 10.7 Å². The molecule has 0 aliphatic carbocycles. The molecule has 2 atom stereocenters. The van der Waals surface area contributed by atoms with E-state index < -0.39 is 10.5 Å². The summed E-state index contributed by atoms with van der Waals surface area (Å²) in [6.45, 7) is 1.57. The minimum Gasteiger partial charge on any atom is -0.589 e. The van der Waals surface area contributed by atoms with Gasteiger partial charge in [-0.2, -0.15) is 9.88 Å². The van der Waals surface area contributed by atoms with Crippen molar-refractivity contribution >= 4 is 0 Å². The zero-order chi connectivity index (χ0) is 12.4. The molecule has 2 N–H and O–H groups in total. The van der Waals surface area contributed by atoms with Crippen LogP contribution in [-0.2, 0) is 9.88 Å². The molecule has 0 aromatic heterocycles. The van der Waals surface area contributed by atoms with Crippen LogP contribution in [0.5, 0.6) is 0 Å². The molecule has 0 radical (unpaired) electrons. The lowest BCUT2D eigenvalue weighted by Crippen LogP contribution is -3.05. The van der Waals surface area contributed by atoms with Crippen LogP contribution in [0.4, 0.5) is 0 Å². The molecular weight excluding hydrogens is 224 g/mol. The van der Waals surface area contributed by atoms with Crippen molar-refractivity contribution in [1.82, 2.24) is 0 Å². The molecule has 2 unspecified atom stereocenters. The van der Waals surface area contributed by atoms with Gasteiger partial charge in [0.25, 0.3) is 0 Å². The molecule has 0 heterocycles. The summed E-state index contributed by atoms with van der Waals surface area (Å²) >= 11 is 0. The second-order valence-electron chi connectivity index (χ2n) is 2.61. The number of nitrogens with one attached hydrogen (secondary N) is 2. The Balaban J connectivity index is 4.05. The molecule has 0 aromatic rings. The number of nitrogens with zero attached hydrogens (tertiary/aromatic N) is 2. The molecule has 16 heavy (non-hydrogen) atoms. The second-order valence-corrected chi connectivity index (χ2v) is 2.61. The maximum atomic E-state index is 11.0. The van der Waals surface area contributed by atoms with E-state index in [9.17, 15) is 20.2 Å². The first-order valence-electron chi connectivity index (χ1n) is 4.41. The smallest absolute Gasteiger partial charge is 0.214 e. The maximum absolute atomic E-state index is 11.0. The highest BCUT2D eigenvalue weighted by molar-refractivity contribution is 4.89. The fourth-order valence-electron chi connectivity index (χ4n) is 0.916. The Morgan fingerprint density at radius 3 is 2.44 bits per heavy atom. The molecule has 10 heteroatoms.